The van der Waals surface area contributed by atoms with Gasteiger partial charge in [-0.25, -0.2) is 9.50 Å². The summed E-state index contributed by atoms with van der Waals surface area (Å²) in [4.78, 5) is 9.87. The minimum Gasteiger partial charge on any atom is -0.317 e. The van der Waals surface area contributed by atoms with E-state index in [4.69, 9.17) is 0 Å². The number of aromatic nitrogens is 4. The average molecular weight is 285 g/mol. The molecule has 1 saturated heterocycles. The minimum atomic E-state index is 0.579. The fraction of sp³-hybridized carbons (Fsp3) is 0.357. The van der Waals surface area contributed by atoms with Gasteiger partial charge in [0.05, 0.1) is 16.6 Å². The van der Waals surface area contributed by atoms with E-state index in [0.717, 1.165) is 29.2 Å². The first-order chi connectivity index (χ1) is 9.92. The van der Waals surface area contributed by atoms with Gasteiger partial charge in [-0.2, -0.15) is 5.10 Å². The van der Waals surface area contributed by atoms with E-state index in [2.05, 4.69) is 20.4 Å². The highest BCUT2D eigenvalue weighted by molar-refractivity contribution is 7.13. The number of nitrogens with zero attached hydrogens (tertiary/aromatic N) is 4. The van der Waals surface area contributed by atoms with Gasteiger partial charge in [-0.3, -0.25) is 4.98 Å². The lowest BCUT2D eigenvalue weighted by molar-refractivity contribution is 0.462. The van der Waals surface area contributed by atoms with Gasteiger partial charge in [0.15, 0.2) is 5.65 Å². The molecule has 0 unspecified atom stereocenters. The van der Waals surface area contributed by atoms with Gasteiger partial charge < -0.3 is 5.32 Å². The third-order valence-electron chi connectivity index (χ3n) is 3.88. The van der Waals surface area contributed by atoms with Crippen LogP contribution in [0.5, 0.6) is 0 Å². The van der Waals surface area contributed by atoms with Crippen LogP contribution in [0.2, 0.25) is 0 Å². The fourth-order valence-corrected chi connectivity index (χ4v) is 3.40. The van der Waals surface area contributed by atoms with Crippen LogP contribution in [-0.2, 0) is 0 Å². The zero-order valence-electron chi connectivity index (χ0n) is 11.0. The van der Waals surface area contributed by atoms with Crippen molar-refractivity contribution in [2.24, 2.45) is 0 Å². The molecule has 0 saturated carbocycles. The highest BCUT2D eigenvalue weighted by Crippen LogP contribution is 2.29. The Morgan fingerprint density at radius 3 is 2.90 bits per heavy atom. The molecule has 5 nitrogen and oxygen atoms in total. The molecular formula is C14H15N5S. The maximum Gasteiger partial charge on any atom is 0.158 e. The second kappa shape index (κ2) is 4.96. The predicted molar refractivity (Wildman–Crippen MR) is 78.9 cm³/mol. The van der Waals surface area contributed by atoms with Crippen LogP contribution in [0.25, 0.3) is 16.1 Å². The maximum absolute atomic E-state index is 4.63. The summed E-state index contributed by atoms with van der Waals surface area (Å²) in [5, 5.41) is 7.88. The first-order valence-corrected chi connectivity index (χ1v) is 7.72. The monoisotopic (exact) mass is 285 g/mol. The molecule has 4 heterocycles. The summed E-state index contributed by atoms with van der Waals surface area (Å²) >= 11 is 1.62. The third-order valence-corrected chi connectivity index (χ3v) is 4.70. The van der Waals surface area contributed by atoms with E-state index in [1.807, 2.05) is 34.8 Å². The maximum atomic E-state index is 4.63. The molecule has 3 aromatic rings. The van der Waals surface area contributed by atoms with Crippen molar-refractivity contribution in [3.63, 3.8) is 0 Å². The summed E-state index contributed by atoms with van der Waals surface area (Å²) in [5.74, 6) is 0.579. The molecule has 3 aromatic heterocycles. The summed E-state index contributed by atoms with van der Waals surface area (Å²) in [6.45, 7) is 2.17. The Kier molecular flexibility index (Phi) is 2.97. The summed E-state index contributed by atoms with van der Waals surface area (Å²) in [6.07, 6.45) is 10.1. The van der Waals surface area contributed by atoms with E-state index >= 15 is 0 Å². The zero-order valence-corrected chi connectivity index (χ0v) is 11.8. The van der Waals surface area contributed by atoms with Crippen LogP contribution < -0.4 is 5.32 Å². The van der Waals surface area contributed by atoms with E-state index in [1.54, 1.807) is 11.3 Å². The largest absolute Gasteiger partial charge is 0.317 e. The molecule has 102 valence electrons. The predicted octanol–water partition coefficient (Wildman–Crippen LogP) is 2.32. The smallest absolute Gasteiger partial charge is 0.158 e. The molecule has 4 rings (SSSR count). The normalized spacial score (nSPS) is 16.8. The lowest BCUT2D eigenvalue weighted by atomic mass is 9.92. The van der Waals surface area contributed by atoms with E-state index in [1.165, 1.54) is 18.4 Å². The van der Waals surface area contributed by atoms with Crippen LogP contribution in [0.15, 0.2) is 30.3 Å². The Bertz CT molecular complexity index is 712. The highest BCUT2D eigenvalue weighted by atomic mass is 32.1. The number of hydrogen-bond donors (Lipinski definition) is 1. The van der Waals surface area contributed by atoms with Crippen molar-refractivity contribution < 1.29 is 0 Å². The van der Waals surface area contributed by atoms with Crippen molar-refractivity contribution in [2.75, 3.05) is 13.1 Å². The Balaban J connectivity index is 1.74. The minimum absolute atomic E-state index is 0.579. The van der Waals surface area contributed by atoms with Crippen LogP contribution >= 0.6 is 11.3 Å². The molecule has 0 bridgehead atoms. The summed E-state index contributed by atoms with van der Waals surface area (Å²) in [5.41, 5.74) is 5.18. The molecule has 0 amide bonds. The Labute approximate surface area is 120 Å². The van der Waals surface area contributed by atoms with Crippen molar-refractivity contribution >= 4 is 17.0 Å². The van der Waals surface area contributed by atoms with Crippen LogP contribution in [0.4, 0.5) is 0 Å². The van der Waals surface area contributed by atoms with Crippen LogP contribution in [-0.4, -0.2) is 32.7 Å². The van der Waals surface area contributed by atoms with Gasteiger partial charge in [-0.05, 0) is 31.8 Å². The number of fused-ring (bicyclic) bond motifs is 1. The highest BCUT2D eigenvalue weighted by Gasteiger charge is 2.20. The van der Waals surface area contributed by atoms with Crippen molar-refractivity contribution in [3.05, 3.63) is 35.9 Å². The molecule has 0 atom stereocenters. The topological polar surface area (TPSA) is 55.1 Å². The number of piperidine rings is 1. The number of rotatable bonds is 2. The summed E-state index contributed by atoms with van der Waals surface area (Å²) < 4.78 is 1.90. The quantitative estimate of drug-likeness (QED) is 0.785. The fourth-order valence-electron chi connectivity index (χ4n) is 2.80. The third kappa shape index (κ3) is 2.01. The van der Waals surface area contributed by atoms with Gasteiger partial charge in [-0.1, -0.05) is 0 Å². The molecule has 0 aromatic carbocycles. The molecular weight excluding hydrogens is 270 g/mol. The zero-order chi connectivity index (χ0) is 13.4. The first-order valence-electron chi connectivity index (χ1n) is 6.85. The lowest BCUT2D eigenvalue weighted by Crippen LogP contribution is -2.26. The lowest BCUT2D eigenvalue weighted by Gasteiger charge is -2.21. The first kappa shape index (κ1) is 12.0. The molecule has 1 aliphatic rings. The molecule has 0 radical (unpaired) electrons. The van der Waals surface area contributed by atoms with Crippen LogP contribution in [0.3, 0.4) is 0 Å². The van der Waals surface area contributed by atoms with Gasteiger partial charge in [-0.15, -0.1) is 11.3 Å². The molecule has 1 N–H and O–H groups in total. The molecule has 1 aliphatic heterocycles. The molecule has 6 heteroatoms. The van der Waals surface area contributed by atoms with Crippen molar-refractivity contribution in [2.45, 2.75) is 18.8 Å². The van der Waals surface area contributed by atoms with E-state index in [9.17, 15) is 0 Å². The Hall–Kier alpha value is -1.79. The number of nitrogens with one attached hydrogen (secondary N) is 1. The van der Waals surface area contributed by atoms with Gasteiger partial charge in [0.1, 0.15) is 0 Å². The SMILES string of the molecule is c1ncc(-c2cnc3c(C4CCNCC4)cnn3c2)s1. The second-order valence-corrected chi connectivity index (χ2v) is 5.99. The van der Waals surface area contributed by atoms with Gasteiger partial charge in [0.2, 0.25) is 0 Å². The molecule has 0 spiro atoms. The van der Waals surface area contributed by atoms with Crippen molar-refractivity contribution in [3.8, 4) is 10.4 Å². The number of hydrogen-bond acceptors (Lipinski definition) is 5. The molecule has 20 heavy (non-hydrogen) atoms. The molecule has 0 aliphatic carbocycles. The Morgan fingerprint density at radius 2 is 2.10 bits per heavy atom. The summed E-state index contributed by atoms with van der Waals surface area (Å²) in [6, 6.07) is 0. The average Bonchev–Trinajstić information content (AvgIpc) is 3.17. The van der Waals surface area contributed by atoms with E-state index < -0.39 is 0 Å². The summed E-state index contributed by atoms with van der Waals surface area (Å²) in [7, 11) is 0. The standard InChI is InChI=1S/C14H15N5S/c1-3-15-4-2-10(1)12-6-18-19-8-11(5-17-14(12)19)13-7-16-9-20-13/h5-10,15H,1-4H2. The molecule has 1 fully saturated rings. The van der Waals surface area contributed by atoms with Crippen molar-refractivity contribution in [1.82, 2.24) is 24.9 Å². The second-order valence-electron chi connectivity index (χ2n) is 5.10. The van der Waals surface area contributed by atoms with Gasteiger partial charge in [0.25, 0.3) is 0 Å². The van der Waals surface area contributed by atoms with E-state index in [-0.39, 0.29) is 0 Å². The van der Waals surface area contributed by atoms with E-state index in [0.29, 0.717) is 5.92 Å². The van der Waals surface area contributed by atoms with Crippen LogP contribution in [0, 0.1) is 0 Å². The van der Waals surface area contributed by atoms with Gasteiger partial charge in [0, 0.05) is 29.7 Å². The van der Waals surface area contributed by atoms with Crippen LogP contribution in [0.1, 0.15) is 24.3 Å². The Morgan fingerprint density at radius 1 is 1.20 bits per heavy atom. The number of thiazole rings is 1. The van der Waals surface area contributed by atoms with Gasteiger partial charge >= 0.3 is 0 Å². The van der Waals surface area contributed by atoms with Crippen molar-refractivity contribution in [1.29, 1.82) is 0 Å².